The number of amides is 1. The highest BCUT2D eigenvalue weighted by Crippen LogP contribution is 2.35. The third-order valence-electron chi connectivity index (χ3n) is 4.36. The van der Waals surface area contributed by atoms with Crippen molar-refractivity contribution in [3.63, 3.8) is 0 Å². The van der Waals surface area contributed by atoms with Gasteiger partial charge >= 0.3 is 6.09 Å². The van der Waals surface area contributed by atoms with E-state index in [-0.39, 0.29) is 23.7 Å². The number of ketones is 1. The molecule has 1 saturated heterocycles. The lowest BCUT2D eigenvalue weighted by Crippen LogP contribution is -2.48. The molecule has 4 nitrogen and oxygen atoms in total. The molecular weight excluding hydrogens is 254 g/mol. The fraction of sp³-hybridized carbons (Fsp3) is 0.500. The molecule has 2 atom stereocenters. The molecule has 1 heterocycles. The summed E-state index contributed by atoms with van der Waals surface area (Å²) < 4.78 is 5.06. The summed E-state index contributed by atoms with van der Waals surface area (Å²) in [4.78, 5) is 26.1. The number of rotatable bonds is 1. The molecule has 1 aromatic rings. The van der Waals surface area contributed by atoms with E-state index in [2.05, 4.69) is 0 Å². The van der Waals surface area contributed by atoms with Gasteiger partial charge in [0.1, 0.15) is 0 Å². The van der Waals surface area contributed by atoms with Crippen LogP contribution in [0, 0.1) is 11.8 Å². The molecule has 2 aliphatic rings. The summed E-state index contributed by atoms with van der Waals surface area (Å²) in [5.41, 5.74) is 1.99. The van der Waals surface area contributed by atoms with Crippen molar-refractivity contribution in [3.8, 4) is 0 Å². The zero-order valence-electron chi connectivity index (χ0n) is 11.7. The number of fused-ring (bicyclic) bond motifs is 2. The fourth-order valence-corrected chi connectivity index (χ4v) is 3.39. The Morgan fingerprint density at radius 2 is 2.20 bits per heavy atom. The number of carbonyl (C=O) groups is 2. The lowest BCUT2D eigenvalue weighted by atomic mass is 9.71. The van der Waals surface area contributed by atoms with E-state index in [0.29, 0.717) is 19.7 Å². The topological polar surface area (TPSA) is 46.6 Å². The van der Waals surface area contributed by atoms with Gasteiger partial charge in [-0.2, -0.15) is 0 Å². The molecule has 20 heavy (non-hydrogen) atoms. The third kappa shape index (κ3) is 2.19. The number of nitrogens with zero attached hydrogens (tertiary/aromatic N) is 1. The first-order valence-electron chi connectivity index (χ1n) is 7.24. The van der Waals surface area contributed by atoms with Crippen LogP contribution in [-0.4, -0.2) is 36.5 Å². The normalized spacial score (nSPS) is 24.9. The van der Waals surface area contributed by atoms with Crippen LogP contribution in [0.5, 0.6) is 0 Å². The average molecular weight is 273 g/mol. The van der Waals surface area contributed by atoms with Crippen molar-refractivity contribution in [1.82, 2.24) is 4.90 Å². The number of likely N-dealkylation sites (tertiary alicyclic amines) is 1. The van der Waals surface area contributed by atoms with Crippen molar-refractivity contribution in [1.29, 1.82) is 0 Å². The smallest absolute Gasteiger partial charge is 0.409 e. The molecule has 1 amide bonds. The Balaban J connectivity index is 1.79. The number of carbonyl (C=O) groups excluding carboxylic acids is 2. The fourth-order valence-electron chi connectivity index (χ4n) is 3.39. The van der Waals surface area contributed by atoms with Crippen LogP contribution in [0.3, 0.4) is 0 Å². The van der Waals surface area contributed by atoms with E-state index in [1.807, 2.05) is 31.2 Å². The first kappa shape index (κ1) is 13.2. The largest absolute Gasteiger partial charge is 0.450 e. The summed E-state index contributed by atoms with van der Waals surface area (Å²) in [6.07, 6.45) is 1.37. The number of hydrogen-bond acceptors (Lipinski definition) is 3. The van der Waals surface area contributed by atoms with Gasteiger partial charge < -0.3 is 9.64 Å². The van der Waals surface area contributed by atoms with Crippen molar-refractivity contribution in [3.05, 3.63) is 35.4 Å². The van der Waals surface area contributed by atoms with E-state index in [9.17, 15) is 9.59 Å². The quantitative estimate of drug-likeness (QED) is 0.790. The molecule has 0 N–H and O–H groups in total. The first-order chi connectivity index (χ1) is 9.70. The monoisotopic (exact) mass is 273 g/mol. The molecule has 1 aliphatic heterocycles. The lowest BCUT2D eigenvalue weighted by molar-refractivity contribution is 0.0567. The van der Waals surface area contributed by atoms with Crippen LogP contribution in [0.25, 0.3) is 0 Å². The number of benzene rings is 1. The molecule has 1 fully saturated rings. The molecule has 0 radical (unpaired) electrons. The van der Waals surface area contributed by atoms with Crippen molar-refractivity contribution in [2.75, 3.05) is 19.7 Å². The van der Waals surface area contributed by atoms with E-state index in [0.717, 1.165) is 24.0 Å². The predicted octanol–water partition coefficient (Wildman–Crippen LogP) is 2.52. The van der Waals surface area contributed by atoms with Gasteiger partial charge in [0.15, 0.2) is 5.78 Å². The van der Waals surface area contributed by atoms with Gasteiger partial charge in [-0.15, -0.1) is 0 Å². The number of hydrogen-bond donors (Lipinski definition) is 0. The summed E-state index contributed by atoms with van der Waals surface area (Å²) in [5.74, 6) is 0.548. The SMILES string of the molecule is CCOC(=O)N1CC[C@H]2C(=O)c3ccccc3C[C@@H]2C1. The number of Topliss-reactive ketones (excluding diaryl/α,β-unsaturated/α-hetero) is 1. The maximum absolute atomic E-state index is 12.5. The van der Waals surface area contributed by atoms with E-state index in [1.54, 1.807) is 4.90 Å². The summed E-state index contributed by atoms with van der Waals surface area (Å²) >= 11 is 0. The van der Waals surface area contributed by atoms with Crippen molar-refractivity contribution in [2.24, 2.45) is 11.8 Å². The van der Waals surface area contributed by atoms with E-state index >= 15 is 0 Å². The Morgan fingerprint density at radius 3 is 3.00 bits per heavy atom. The summed E-state index contributed by atoms with van der Waals surface area (Å²) in [5, 5.41) is 0. The van der Waals surface area contributed by atoms with E-state index in [4.69, 9.17) is 4.74 Å². The zero-order chi connectivity index (χ0) is 14.1. The Morgan fingerprint density at radius 1 is 1.40 bits per heavy atom. The molecular formula is C16H19NO3. The Kier molecular flexibility index (Phi) is 3.47. The maximum Gasteiger partial charge on any atom is 0.409 e. The summed E-state index contributed by atoms with van der Waals surface area (Å²) in [6, 6.07) is 7.83. The molecule has 0 aromatic heterocycles. The van der Waals surface area contributed by atoms with Gasteiger partial charge in [0.05, 0.1) is 6.61 Å². The Bertz CT molecular complexity index is 540. The maximum atomic E-state index is 12.5. The molecule has 106 valence electrons. The molecule has 1 aromatic carbocycles. The van der Waals surface area contributed by atoms with E-state index < -0.39 is 0 Å². The lowest BCUT2D eigenvalue weighted by Gasteiger charge is -2.40. The second kappa shape index (κ2) is 5.27. The van der Waals surface area contributed by atoms with Crippen LogP contribution < -0.4 is 0 Å². The van der Waals surface area contributed by atoms with Crippen LogP contribution in [-0.2, 0) is 11.2 Å². The standard InChI is InChI=1S/C16H19NO3/c1-2-20-16(19)17-8-7-14-12(10-17)9-11-5-3-4-6-13(11)15(14)18/h3-6,12,14H,2,7-10H2,1H3/t12-,14-/m1/s1. The number of piperidine rings is 1. The molecule has 3 rings (SSSR count). The first-order valence-corrected chi connectivity index (χ1v) is 7.24. The van der Waals surface area contributed by atoms with Crippen LogP contribution >= 0.6 is 0 Å². The summed E-state index contributed by atoms with van der Waals surface area (Å²) in [6.45, 7) is 3.45. The summed E-state index contributed by atoms with van der Waals surface area (Å²) in [7, 11) is 0. The third-order valence-corrected chi connectivity index (χ3v) is 4.36. The van der Waals surface area contributed by atoms with Crippen molar-refractivity contribution >= 4 is 11.9 Å². The Hall–Kier alpha value is -1.84. The Labute approximate surface area is 118 Å². The highest BCUT2D eigenvalue weighted by atomic mass is 16.6. The molecule has 0 spiro atoms. The number of ether oxygens (including phenoxy) is 1. The van der Waals surface area contributed by atoms with E-state index in [1.165, 1.54) is 0 Å². The van der Waals surface area contributed by atoms with Crippen LogP contribution in [0.15, 0.2) is 24.3 Å². The average Bonchev–Trinajstić information content (AvgIpc) is 2.47. The highest BCUT2D eigenvalue weighted by molar-refractivity contribution is 6.00. The molecule has 4 heteroatoms. The minimum absolute atomic E-state index is 0.0653. The highest BCUT2D eigenvalue weighted by Gasteiger charge is 2.40. The predicted molar refractivity (Wildman–Crippen MR) is 74.7 cm³/mol. The minimum atomic E-state index is -0.253. The van der Waals surface area contributed by atoms with Crippen LogP contribution in [0.4, 0.5) is 4.79 Å². The molecule has 0 bridgehead atoms. The molecule has 1 aliphatic carbocycles. The van der Waals surface area contributed by atoms with Gasteiger partial charge in [-0.05, 0) is 31.2 Å². The second-order valence-corrected chi connectivity index (χ2v) is 5.53. The zero-order valence-corrected chi connectivity index (χ0v) is 11.7. The van der Waals surface area contributed by atoms with Gasteiger partial charge in [-0.3, -0.25) is 4.79 Å². The molecule has 0 unspecified atom stereocenters. The van der Waals surface area contributed by atoms with Gasteiger partial charge in [0.25, 0.3) is 0 Å². The van der Waals surface area contributed by atoms with Gasteiger partial charge in [0, 0.05) is 24.6 Å². The van der Waals surface area contributed by atoms with Crippen molar-refractivity contribution < 1.29 is 14.3 Å². The van der Waals surface area contributed by atoms with Gasteiger partial charge in [-0.1, -0.05) is 24.3 Å². The second-order valence-electron chi connectivity index (χ2n) is 5.53. The minimum Gasteiger partial charge on any atom is -0.450 e. The van der Waals surface area contributed by atoms with Crippen LogP contribution in [0.1, 0.15) is 29.3 Å². The molecule has 0 saturated carbocycles. The van der Waals surface area contributed by atoms with Gasteiger partial charge in [-0.25, -0.2) is 4.79 Å². The van der Waals surface area contributed by atoms with Crippen molar-refractivity contribution in [2.45, 2.75) is 19.8 Å². The van der Waals surface area contributed by atoms with Crippen LogP contribution in [0.2, 0.25) is 0 Å². The van der Waals surface area contributed by atoms with Gasteiger partial charge in [0.2, 0.25) is 0 Å².